The second-order valence-corrected chi connectivity index (χ2v) is 8.25. The predicted molar refractivity (Wildman–Crippen MR) is 122 cm³/mol. The minimum atomic E-state index is -0.890. The highest BCUT2D eigenvalue weighted by atomic mass is 16.5. The number of rotatable bonds is 14. The van der Waals surface area contributed by atoms with Crippen molar-refractivity contribution in [3.8, 4) is 17.2 Å². The molecule has 1 aliphatic heterocycles. The molecule has 7 heteroatoms. The molecule has 0 bridgehead atoms. The summed E-state index contributed by atoms with van der Waals surface area (Å²) < 4.78 is 16.3. The van der Waals surface area contributed by atoms with Gasteiger partial charge in [0.05, 0.1) is 27.4 Å². The number of likely N-dealkylation sites (tertiary alicyclic amines) is 1. The van der Waals surface area contributed by atoms with E-state index in [0.717, 1.165) is 45.2 Å². The lowest BCUT2D eigenvalue weighted by Gasteiger charge is -2.29. The molecule has 1 aromatic rings. The zero-order chi connectivity index (χ0) is 22.6. The number of nitrogens with one attached hydrogen (secondary N) is 1. The van der Waals surface area contributed by atoms with Gasteiger partial charge in [0.15, 0.2) is 11.5 Å². The van der Waals surface area contributed by atoms with Gasteiger partial charge in [-0.1, -0.05) is 32.6 Å². The molecule has 1 saturated heterocycles. The highest BCUT2D eigenvalue weighted by Crippen LogP contribution is 2.40. The number of amides is 1. The maximum absolute atomic E-state index is 12.6. The first kappa shape index (κ1) is 25.3. The number of methoxy groups -OCH3 is 3. The van der Waals surface area contributed by atoms with Crippen LogP contribution in [-0.4, -0.2) is 62.9 Å². The molecule has 176 valence electrons. The first-order valence-corrected chi connectivity index (χ1v) is 11.5. The lowest BCUT2D eigenvalue weighted by atomic mass is 10.00. The lowest BCUT2D eigenvalue weighted by Crippen LogP contribution is -2.46. The van der Waals surface area contributed by atoms with E-state index in [9.17, 15) is 9.90 Å². The Hall–Kier alpha value is -1.99. The van der Waals surface area contributed by atoms with E-state index >= 15 is 0 Å². The van der Waals surface area contributed by atoms with Crippen LogP contribution in [0.3, 0.4) is 0 Å². The topological polar surface area (TPSA) is 80.3 Å². The Balaban J connectivity index is 2.13. The van der Waals surface area contributed by atoms with Crippen molar-refractivity contribution in [1.29, 1.82) is 0 Å². The molecule has 1 heterocycles. The van der Waals surface area contributed by atoms with Crippen LogP contribution in [0, 0.1) is 0 Å². The van der Waals surface area contributed by atoms with E-state index in [4.69, 9.17) is 14.2 Å². The van der Waals surface area contributed by atoms with E-state index in [2.05, 4.69) is 17.1 Å². The van der Waals surface area contributed by atoms with Crippen LogP contribution in [0.4, 0.5) is 0 Å². The second kappa shape index (κ2) is 13.4. The lowest BCUT2D eigenvalue weighted by molar-refractivity contribution is -0.123. The quantitative estimate of drug-likeness (QED) is 0.433. The molecule has 1 fully saturated rings. The Morgan fingerprint density at radius 2 is 1.65 bits per heavy atom. The first-order valence-electron chi connectivity index (χ1n) is 11.5. The van der Waals surface area contributed by atoms with Gasteiger partial charge in [-0.3, -0.25) is 4.79 Å². The van der Waals surface area contributed by atoms with Crippen molar-refractivity contribution in [2.75, 3.05) is 41.0 Å². The number of hydrogen-bond donors (Lipinski definition) is 2. The normalized spacial score (nSPS) is 16.0. The fourth-order valence-corrected chi connectivity index (χ4v) is 4.14. The summed E-state index contributed by atoms with van der Waals surface area (Å²) in [5.74, 6) is 1.44. The van der Waals surface area contributed by atoms with Crippen LogP contribution in [0.15, 0.2) is 12.1 Å². The fourth-order valence-electron chi connectivity index (χ4n) is 4.14. The second-order valence-electron chi connectivity index (χ2n) is 8.25. The highest BCUT2D eigenvalue weighted by molar-refractivity contribution is 5.76. The first-order chi connectivity index (χ1) is 15.0. The van der Waals surface area contributed by atoms with Crippen molar-refractivity contribution in [2.45, 2.75) is 70.4 Å². The molecular weight excluding hydrogens is 396 g/mol. The molecule has 1 amide bonds. The van der Waals surface area contributed by atoms with Gasteiger partial charge in [0, 0.05) is 13.0 Å². The molecular formula is C24H40N2O5. The molecule has 31 heavy (non-hydrogen) atoms. The summed E-state index contributed by atoms with van der Waals surface area (Å²) >= 11 is 0. The largest absolute Gasteiger partial charge is 0.493 e. The summed E-state index contributed by atoms with van der Waals surface area (Å²) in [6.45, 7) is 4.77. The van der Waals surface area contributed by atoms with Gasteiger partial charge in [-0.2, -0.15) is 0 Å². The maximum atomic E-state index is 12.6. The molecule has 1 unspecified atom stereocenters. The van der Waals surface area contributed by atoms with Gasteiger partial charge in [-0.15, -0.1) is 0 Å². The van der Waals surface area contributed by atoms with E-state index in [-0.39, 0.29) is 5.91 Å². The van der Waals surface area contributed by atoms with Crippen LogP contribution in [0.2, 0.25) is 0 Å². The molecule has 2 rings (SSSR count). The van der Waals surface area contributed by atoms with E-state index in [1.807, 2.05) is 0 Å². The molecule has 1 aliphatic rings. The van der Waals surface area contributed by atoms with Crippen LogP contribution in [-0.2, 0) is 4.79 Å². The number of aliphatic hydroxyl groups is 1. The third-order valence-corrected chi connectivity index (χ3v) is 5.92. The minimum Gasteiger partial charge on any atom is -0.493 e. The number of benzene rings is 1. The molecule has 0 aliphatic carbocycles. The van der Waals surface area contributed by atoms with Crippen molar-refractivity contribution in [3.63, 3.8) is 0 Å². The Morgan fingerprint density at radius 1 is 1.03 bits per heavy atom. The average Bonchev–Trinajstić information content (AvgIpc) is 3.30. The van der Waals surface area contributed by atoms with Crippen LogP contribution < -0.4 is 19.5 Å². The minimum absolute atomic E-state index is 0.00723. The SMILES string of the molecule is CCCCCCCC(=O)N[C@H](CN1CCCC1)C(O)c1cc(OC)c(OC)c(OC)c1. The summed E-state index contributed by atoms with van der Waals surface area (Å²) in [5.41, 5.74) is 0.627. The van der Waals surface area contributed by atoms with E-state index in [1.54, 1.807) is 33.5 Å². The van der Waals surface area contributed by atoms with Crippen molar-refractivity contribution in [2.24, 2.45) is 0 Å². The Bertz CT molecular complexity index is 651. The van der Waals surface area contributed by atoms with Crippen molar-refractivity contribution in [3.05, 3.63) is 17.7 Å². The third-order valence-electron chi connectivity index (χ3n) is 5.92. The molecule has 1 aromatic carbocycles. The molecule has 0 radical (unpaired) electrons. The predicted octanol–water partition coefficient (Wildman–Crippen LogP) is 3.69. The monoisotopic (exact) mass is 436 g/mol. The van der Waals surface area contributed by atoms with Crippen LogP contribution >= 0.6 is 0 Å². The average molecular weight is 437 g/mol. The fraction of sp³-hybridized carbons (Fsp3) is 0.708. The molecule has 0 aromatic heterocycles. The van der Waals surface area contributed by atoms with Gasteiger partial charge >= 0.3 is 0 Å². The molecule has 2 atom stereocenters. The van der Waals surface area contributed by atoms with Gasteiger partial charge in [0.25, 0.3) is 0 Å². The summed E-state index contributed by atoms with van der Waals surface area (Å²) in [6, 6.07) is 3.09. The summed E-state index contributed by atoms with van der Waals surface area (Å²) in [4.78, 5) is 14.9. The number of nitrogens with zero attached hydrogens (tertiary/aromatic N) is 1. The van der Waals surface area contributed by atoms with E-state index in [1.165, 1.54) is 12.8 Å². The van der Waals surface area contributed by atoms with Crippen molar-refractivity contribution < 1.29 is 24.1 Å². The zero-order valence-corrected chi connectivity index (χ0v) is 19.6. The van der Waals surface area contributed by atoms with Gasteiger partial charge in [-0.25, -0.2) is 0 Å². The number of aliphatic hydroxyl groups excluding tert-OH is 1. The molecule has 2 N–H and O–H groups in total. The van der Waals surface area contributed by atoms with Crippen molar-refractivity contribution in [1.82, 2.24) is 10.2 Å². The Kier molecular flexibility index (Phi) is 10.9. The third kappa shape index (κ3) is 7.58. The van der Waals surface area contributed by atoms with E-state index < -0.39 is 12.1 Å². The van der Waals surface area contributed by atoms with Crippen molar-refractivity contribution >= 4 is 5.91 Å². The van der Waals surface area contributed by atoms with Gasteiger partial charge < -0.3 is 29.5 Å². The summed E-state index contributed by atoms with van der Waals surface area (Å²) in [7, 11) is 4.65. The molecule has 7 nitrogen and oxygen atoms in total. The van der Waals surface area contributed by atoms with Gasteiger partial charge in [-0.05, 0) is 50.0 Å². The number of ether oxygens (including phenoxy) is 3. The number of hydrogen-bond acceptors (Lipinski definition) is 6. The smallest absolute Gasteiger partial charge is 0.220 e. The number of unbranched alkanes of at least 4 members (excludes halogenated alkanes) is 4. The zero-order valence-electron chi connectivity index (χ0n) is 19.6. The maximum Gasteiger partial charge on any atom is 0.220 e. The number of carbonyl (C=O) groups excluding carboxylic acids is 1. The molecule has 0 spiro atoms. The van der Waals surface area contributed by atoms with Gasteiger partial charge in [0.1, 0.15) is 6.10 Å². The van der Waals surface area contributed by atoms with Gasteiger partial charge in [0.2, 0.25) is 11.7 Å². The van der Waals surface area contributed by atoms with Crippen LogP contribution in [0.25, 0.3) is 0 Å². The highest BCUT2D eigenvalue weighted by Gasteiger charge is 2.28. The molecule has 0 saturated carbocycles. The van der Waals surface area contributed by atoms with Crippen LogP contribution in [0.5, 0.6) is 17.2 Å². The Morgan fingerprint density at radius 3 is 2.19 bits per heavy atom. The standard InChI is InChI=1S/C24H40N2O5/c1-5-6-7-8-9-12-22(27)25-19(17-26-13-10-11-14-26)23(28)18-15-20(29-2)24(31-4)21(16-18)30-3/h15-16,19,23,28H,5-14,17H2,1-4H3,(H,25,27)/t19-,23?/m1/s1. The number of carbonyl (C=O) groups is 1. The Labute approximate surface area is 187 Å². The summed E-state index contributed by atoms with van der Waals surface area (Å²) in [5, 5.41) is 14.3. The van der Waals surface area contributed by atoms with Crippen LogP contribution in [0.1, 0.15) is 70.0 Å². The van der Waals surface area contributed by atoms with E-state index in [0.29, 0.717) is 35.8 Å². The summed E-state index contributed by atoms with van der Waals surface area (Å²) in [6.07, 6.45) is 7.40.